The Bertz CT molecular complexity index is 218. The van der Waals surface area contributed by atoms with Gasteiger partial charge in [0.2, 0.25) is 0 Å². The molecule has 1 aliphatic carbocycles. The largest absolute Gasteiger partial charge is 0.394 e. The fourth-order valence-corrected chi connectivity index (χ4v) is 3.40. The minimum absolute atomic E-state index is 0.0101. The molecule has 102 valence electrons. The molecule has 0 spiro atoms. The van der Waals surface area contributed by atoms with E-state index in [2.05, 4.69) is 33.0 Å². The van der Waals surface area contributed by atoms with Crippen molar-refractivity contribution in [2.75, 3.05) is 18.9 Å². The number of aliphatic hydroxyl groups is 1. The van der Waals surface area contributed by atoms with E-state index in [1.54, 1.807) is 0 Å². The maximum Gasteiger partial charge on any atom is 0.0624 e. The van der Waals surface area contributed by atoms with E-state index in [0.717, 1.165) is 18.7 Å². The first-order valence-corrected chi connectivity index (χ1v) is 8.08. The normalized spacial score (nSPS) is 21.5. The van der Waals surface area contributed by atoms with Crippen LogP contribution in [0.3, 0.4) is 0 Å². The highest BCUT2D eigenvalue weighted by atomic mass is 32.2. The van der Waals surface area contributed by atoms with Gasteiger partial charge in [0.05, 0.1) is 12.1 Å². The topological polar surface area (TPSA) is 32.3 Å². The van der Waals surface area contributed by atoms with Gasteiger partial charge in [0.1, 0.15) is 0 Å². The van der Waals surface area contributed by atoms with Crippen LogP contribution in [0.15, 0.2) is 0 Å². The average molecular weight is 259 g/mol. The number of aliphatic hydroxyl groups excluding tert-OH is 1. The van der Waals surface area contributed by atoms with Gasteiger partial charge in [-0.25, -0.2) is 0 Å². The average Bonchev–Trinajstić information content (AvgIpc) is 3.14. The van der Waals surface area contributed by atoms with Crippen molar-refractivity contribution < 1.29 is 5.11 Å². The van der Waals surface area contributed by atoms with E-state index < -0.39 is 0 Å². The van der Waals surface area contributed by atoms with Crippen LogP contribution in [-0.4, -0.2) is 34.8 Å². The maximum atomic E-state index is 9.79. The molecule has 1 fully saturated rings. The highest BCUT2D eigenvalue weighted by Gasteiger charge is 2.44. The fraction of sp³-hybridized carbons (Fsp3) is 1.00. The lowest BCUT2D eigenvalue weighted by atomic mass is 9.96. The summed E-state index contributed by atoms with van der Waals surface area (Å²) in [6.07, 6.45) is 3.71. The standard InChI is InChI=1S/C14H29NOS/c1-5-8-15-14(9-16,13-6-7-13)10-17-12(4)11(2)3/h11-13,15-16H,5-10H2,1-4H3. The summed E-state index contributed by atoms with van der Waals surface area (Å²) in [7, 11) is 0. The van der Waals surface area contributed by atoms with Crippen molar-refractivity contribution in [2.24, 2.45) is 11.8 Å². The molecule has 0 aliphatic heterocycles. The molecule has 2 N–H and O–H groups in total. The molecule has 1 aliphatic rings. The maximum absolute atomic E-state index is 9.79. The van der Waals surface area contributed by atoms with Crippen LogP contribution in [0.25, 0.3) is 0 Å². The lowest BCUT2D eigenvalue weighted by Crippen LogP contribution is -2.53. The van der Waals surface area contributed by atoms with Crippen molar-refractivity contribution in [1.29, 1.82) is 0 Å². The Kier molecular flexibility index (Phi) is 6.32. The number of nitrogens with one attached hydrogen (secondary N) is 1. The number of thioether (sulfide) groups is 1. The minimum Gasteiger partial charge on any atom is -0.394 e. The zero-order valence-corrected chi connectivity index (χ0v) is 12.6. The molecule has 0 aromatic heterocycles. The first kappa shape index (κ1) is 15.3. The Balaban J connectivity index is 2.50. The molecule has 1 rings (SSSR count). The van der Waals surface area contributed by atoms with Gasteiger partial charge in [-0.05, 0) is 37.6 Å². The van der Waals surface area contributed by atoms with Crippen LogP contribution in [-0.2, 0) is 0 Å². The predicted octanol–water partition coefficient (Wildman–Crippen LogP) is 2.90. The van der Waals surface area contributed by atoms with Gasteiger partial charge in [-0.3, -0.25) is 0 Å². The molecule has 0 aromatic rings. The monoisotopic (exact) mass is 259 g/mol. The summed E-state index contributed by atoms with van der Waals surface area (Å²) in [5, 5.41) is 14.1. The van der Waals surface area contributed by atoms with Gasteiger partial charge in [-0.2, -0.15) is 11.8 Å². The van der Waals surface area contributed by atoms with E-state index in [9.17, 15) is 5.11 Å². The van der Waals surface area contributed by atoms with Crippen molar-refractivity contribution >= 4 is 11.8 Å². The summed E-state index contributed by atoms with van der Waals surface area (Å²) in [4.78, 5) is 0. The van der Waals surface area contributed by atoms with E-state index in [1.165, 1.54) is 12.8 Å². The van der Waals surface area contributed by atoms with Gasteiger partial charge in [0, 0.05) is 11.0 Å². The third-order valence-electron chi connectivity index (χ3n) is 3.91. The summed E-state index contributed by atoms with van der Waals surface area (Å²) >= 11 is 2.01. The lowest BCUT2D eigenvalue weighted by Gasteiger charge is -2.34. The smallest absolute Gasteiger partial charge is 0.0624 e. The van der Waals surface area contributed by atoms with Gasteiger partial charge in [0.25, 0.3) is 0 Å². The zero-order valence-electron chi connectivity index (χ0n) is 11.8. The second-order valence-electron chi connectivity index (χ2n) is 5.78. The molecule has 17 heavy (non-hydrogen) atoms. The molecule has 0 saturated heterocycles. The third-order valence-corrected chi connectivity index (χ3v) is 5.66. The second kappa shape index (κ2) is 7.01. The van der Waals surface area contributed by atoms with Crippen LogP contribution in [0, 0.1) is 11.8 Å². The summed E-state index contributed by atoms with van der Waals surface area (Å²) in [6, 6.07) is 0. The summed E-state index contributed by atoms with van der Waals surface area (Å²) in [5.74, 6) is 2.46. The second-order valence-corrected chi connectivity index (χ2v) is 7.14. The number of hydrogen-bond acceptors (Lipinski definition) is 3. The number of rotatable bonds is 9. The molecular formula is C14H29NOS. The lowest BCUT2D eigenvalue weighted by molar-refractivity contribution is 0.159. The third kappa shape index (κ3) is 4.46. The van der Waals surface area contributed by atoms with Crippen LogP contribution < -0.4 is 5.32 Å². The van der Waals surface area contributed by atoms with Gasteiger partial charge in [-0.1, -0.05) is 27.7 Å². The molecular weight excluding hydrogens is 230 g/mol. The molecule has 2 atom stereocenters. The molecule has 0 bridgehead atoms. The Morgan fingerprint density at radius 1 is 1.35 bits per heavy atom. The Labute approximate surface area is 111 Å². The Morgan fingerprint density at radius 2 is 2.00 bits per heavy atom. The van der Waals surface area contributed by atoms with Crippen LogP contribution in [0.1, 0.15) is 47.0 Å². The van der Waals surface area contributed by atoms with Crippen LogP contribution in [0.2, 0.25) is 0 Å². The minimum atomic E-state index is -0.0101. The van der Waals surface area contributed by atoms with E-state index in [-0.39, 0.29) is 12.1 Å². The molecule has 0 amide bonds. The van der Waals surface area contributed by atoms with Crippen LogP contribution >= 0.6 is 11.8 Å². The fourth-order valence-electron chi connectivity index (χ4n) is 2.03. The van der Waals surface area contributed by atoms with E-state index in [0.29, 0.717) is 17.1 Å². The van der Waals surface area contributed by atoms with E-state index >= 15 is 0 Å². The number of hydrogen-bond donors (Lipinski definition) is 2. The predicted molar refractivity (Wildman–Crippen MR) is 77.6 cm³/mol. The van der Waals surface area contributed by atoms with Gasteiger partial charge in [-0.15, -0.1) is 0 Å². The van der Waals surface area contributed by atoms with Gasteiger partial charge >= 0.3 is 0 Å². The first-order chi connectivity index (χ1) is 8.05. The van der Waals surface area contributed by atoms with Gasteiger partial charge < -0.3 is 10.4 Å². The van der Waals surface area contributed by atoms with Crippen molar-refractivity contribution in [3.8, 4) is 0 Å². The summed E-state index contributed by atoms with van der Waals surface area (Å²) in [5.41, 5.74) is -0.0101. The van der Waals surface area contributed by atoms with Crippen LogP contribution in [0.4, 0.5) is 0 Å². The highest BCUT2D eigenvalue weighted by molar-refractivity contribution is 7.99. The van der Waals surface area contributed by atoms with Crippen LogP contribution in [0.5, 0.6) is 0 Å². The van der Waals surface area contributed by atoms with Crippen molar-refractivity contribution in [3.05, 3.63) is 0 Å². The van der Waals surface area contributed by atoms with Crippen molar-refractivity contribution in [3.63, 3.8) is 0 Å². The Hall–Kier alpha value is 0.270. The zero-order chi connectivity index (χ0) is 12.9. The summed E-state index contributed by atoms with van der Waals surface area (Å²) < 4.78 is 0. The SMILES string of the molecule is CCCNC(CO)(CSC(C)C(C)C)C1CC1. The molecule has 0 radical (unpaired) electrons. The molecule has 0 aromatic carbocycles. The van der Waals surface area contributed by atoms with E-state index in [4.69, 9.17) is 0 Å². The molecule has 1 saturated carbocycles. The van der Waals surface area contributed by atoms with E-state index in [1.807, 2.05) is 11.8 Å². The Morgan fingerprint density at radius 3 is 2.41 bits per heavy atom. The van der Waals surface area contributed by atoms with Crippen molar-refractivity contribution in [1.82, 2.24) is 5.32 Å². The molecule has 2 unspecified atom stereocenters. The highest BCUT2D eigenvalue weighted by Crippen LogP contribution is 2.42. The molecule has 3 heteroatoms. The molecule has 2 nitrogen and oxygen atoms in total. The van der Waals surface area contributed by atoms with Gasteiger partial charge in [0.15, 0.2) is 0 Å². The quantitative estimate of drug-likeness (QED) is 0.668. The molecule has 0 heterocycles. The summed E-state index contributed by atoms with van der Waals surface area (Å²) in [6.45, 7) is 10.3. The van der Waals surface area contributed by atoms with Crippen molar-refractivity contribution in [2.45, 2.75) is 57.7 Å². The first-order valence-electron chi connectivity index (χ1n) is 7.03.